The smallest absolute Gasteiger partial charge is 0.226 e. The maximum Gasteiger partial charge on any atom is 0.226 e. The second-order valence-corrected chi connectivity index (χ2v) is 8.77. The Bertz CT molecular complexity index is 1000. The lowest BCUT2D eigenvalue weighted by Crippen LogP contribution is -2.45. The number of piperidine rings is 1. The number of anilines is 1. The zero-order valence-electron chi connectivity index (χ0n) is 17.6. The molecule has 3 atom stereocenters. The predicted molar refractivity (Wildman–Crippen MR) is 118 cm³/mol. The van der Waals surface area contributed by atoms with Crippen LogP contribution in [0.4, 0.5) is 10.1 Å². The van der Waals surface area contributed by atoms with Gasteiger partial charge < -0.3 is 15.4 Å². The van der Waals surface area contributed by atoms with Crippen molar-refractivity contribution in [1.29, 1.82) is 0 Å². The first-order chi connectivity index (χ1) is 15.0. The molecule has 1 saturated heterocycles. The van der Waals surface area contributed by atoms with Crippen LogP contribution < -0.4 is 15.5 Å². The summed E-state index contributed by atoms with van der Waals surface area (Å²) in [5.41, 5.74) is 8.43. The summed E-state index contributed by atoms with van der Waals surface area (Å²) in [5.74, 6) is -0.535. The third-order valence-electron chi connectivity index (χ3n) is 6.84. The number of benzene rings is 2. The number of primary amides is 1. The van der Waals surface area contributed by atoms with Crippen molar-refractivity contribution >= 4 is 17.3 Å². The topological polar surface area (TPSA) is 71.2 Å². The summed E-state index contributed by atoms with van der Waals surface area (Å²) in [7, 11) is 2.10. The summed E-state index contributed by atoms with van der Waals surface area (Å²) in [5, 5.41) is 6.80. The van der Waals surface area contributed by atoms with E-state index in [4.69, 9.17) is 15.6 Å². The van der Waals surface area contributed by atoms with Crippen molar-refractivity contribution in [3.05, 3.63) is 59.9 Å². The Hall–Kier alpha value is -2.93. The van der Waals surface area contributed by atoms with Crippen LogP contribution in [0.2, 0.25) is 0 Å². The van der Waals surface area contributed by atoms with Crippen molar-refractivity contribution in [3.63, 3.8) is 0 Å². The van der Waals surface area contributed by atoms with Gasteiger partial charge >= 0.3 is 0 Å². The highest BCUT2D eigenvalue weighted by Crippen LogP contribution is 2.45. The third-order valence-corrected chi connectivity index (χ3v) is 6.84. The Balaban J connectivity index is 1.60. The van der Waals surface area contributed by atoms with Gasteiger partial charge in [-0.2, -0.15) is 5.10 Å². The van der Waals surface area contributed by atoms with Crippen LogP contribution >= 0.6 is 0 Å². The van der Waals surface area contributed by atoms with Crippen LogP contribution in [0.5, 0.6) is 5.75 Å². The lowest BCUT2D eigenvalue weighted by molar-refractivity contribution is -0.121. The van der Waals surface area contributed by atoms with Crippen molar-refractivity contribution in [1.82, 2.24) is 4.90 Å². The lowest BCUT2D eigenvalue weighted by Gasteiger charge is -2.35. The monoisotopic (exact) mass is 422 g/mol. The number of halogens is 1. The first kappa shape index (κ1) is 20.0. The number of hydrogen-bond donors (Lipinski definition) is 1. The highest BCUT2D eigenvalue weighted by atomic mass is 19.1. The molecule has 0 spiro atoms. The third kappa shape index (κ3) is 3.57. The number of hydrogen-bond acceptors (Lipinski definition) is 5. The zero-order valence-corrected chi connectivity index (χ0v) is 17.6. The van der Waals surface area contributed by atoms with Crippen molar-refractivity contribution in [3.8, 4) is 5.75 Å². The Labute approximate surface area is 181 Å². The molecule has 2 N–H and O–H groups in total. The Morgan fingerprint density at radius 2 is 1.94 bits per heavy atom. The number of likely N-dealkylation sites (tertiary alicyclic amines) is 1. The molecule has 31 heavy (non-hydrogen) atoms. The van der Waals surface area contributed by atoms with Crippen molar-refractivity contribution in [2.45, 2.75) is 24.8 Å². The van der Waals surface area contributed by atoms with Crippen LogP contribution in [-0.2, 0) is 4.79 Å². The Morgan fingerprint density at radius 1 is 1.19 bits per heavy atom. The molecule has 7 heteroatoms. The minimum absolute atomic E-state index is 0.144. The van der Waals surface area contributed by atoms with E-state index in [9.17, 15) is 9.18 Å². The normalized spacial score (nSPS) is 24.7. The van der Waals surface area contributed by atoms with Gasteiger partial charge in [-0.25, -0.2) is 4.39 Å². The van der Waals surface area contributed by atoms with Gasteiger partial charge in [0.1, 0.15) is 23.9 Å². The van der Waals surface area contributed by atoms with Gasteiger partial charge in [-0.3, -0.25) is 9.80 Å². The summed E-state index contributed by atoms with van der Waals surface area (Å²) in [6, 6.07) is 14.4. The predicted octanol–water partition coefficient (Wildman–Crippen LogP) is 2.99. The van der Waals surface area contributed by atoms with E-state index in [1.54, 1.807) is 6.07 Å². The van der Waals surface area contributed by atoms with Crippen molar-refractivity contribution < 1.29 is 13.9 Å². The molecule has 1 amide bonds. The van der Waals surface area contributed by atoms with E-state index in [1.807, 2.05) is 23.2 Å². The number of nitrogens with zero attached hydrogens (tertiary/aromatic N) is 3. The second-order valence-electron chi connectivity index (χ2n) is 8.77. The standard InChI is InChI=1S/C24H27FN4O2/c1-28-11-9-16(10-12-28)22(24(26)30)23-21(15-5-3-2-4-6-15)19-14-31-20-8-7-17(25)13-18(20)29(19)27-23/h2-8,13,16,19,21-22H,9-12,14H2,1H3,(H2,26,30). The fourth-order valence-electron chi connectivity index (χ4n) is 5.26. The highest BCUT2D eigenvalue weighted by Gasteiger charge is 2.48. The molecule has 5 rings (SSSR count). The maximum absolute atomic E-state index is 14.1. The van der Waals surface area contributed by atoms with Gasteiger partial charge in [-0.1, -0.05) is 30.3 Å². The van der Waals surface area contributed by atoms with Crippen LogP contribution in [0, 0.1) is 17.7 Å². The molecule has 162 valence electrons. The molecule has 0 saturated carbocycles. The van der Waals surface area contributed by atoms with Gasteiger partial charge in [-0.05, 0) is 56.6 Å². The lowest BCUT2D eigenvalue weighted by atomic mass is 9.74. The second kappa shape index (κ2) is 7.96. The van der Waals surface area contributed by atoms with Gasteiger partial charge in [0, 0.05) is 6.07 Å². The van der Waals surface area contributed by atoms with Crippen molar-refractivity contribution in [2.75, 3.05) is 31.8 Å². The molecule has 3 aliphatic rings. The van der Waals surface area contributed by atoms with E-state index in [0.29, 0.717) is 18.0 Å². The van der Waals surface area contributed by atoms with E-state index in [0.717, 1.165) is 37.2 Å². The van der Waals surface area contributed by atoms with Crippen molar-refractivity contribution in [2.24, 2.45) is 22.7 Å². The van der Waals surface area contributed by atoms with E-state index < -0.39 is 5.92 Å². The molecule has 0 bridgehead atoms. The first-order valence-corrected chi connectivity index (χ1v) is 10.9. The number of rotatable bonds is 4. The maximum atomic E-state index is 14.1. The Morgan fingerprint density at radius 3 is 2.65 bits per heavy atom. The molecule has 3 heterocycles. The molecule has 1 fully saturated rings. The number of ether oxygens (including phenoxy) is 1. The van der Waals surface area contributed by atoms with Gasteiger partial charge in [0.25, 0.3) is 0 Å². The fraction of sp³-hybridized carbons (Fsp3) is 0.417. The molecular formula is C24H27FN4O2. The quantitative estimate of drug-likeness (QED) is 0.822. The molecule has 0 radical (unpaired) electrons. The summed E-state index contributed by atoms with van der Waals surface area (Å²) >= 11 is 0. The summed E-state index contributed by atoms with van der Waals surface area (Å²) in [4.78, 5) is 15.0. The van der Waals surface area contributed by atoms with Gasteiger partial charge in [0.05, 0.1) is 23.6 Å². The molecule has 2 aromatic rings. The summed E-state index contributed by atoms with van der Waals surface area (Å²) < 4.78 is 20.1. The van der Waals surface area contributed by atoms with E-state index >= 15 is 0 Å². The molecule has 2 aromatic carbocycles. The number of carbonyl (C=O) groups excluding carboxylic acids is 1. The number of nitrogens with two attached hydrogens (primary N) is 1. The van der Waals surface area contributed by atoms with Gasteiger partial charge in [-0.15, -0.1) is 0 Å². The van der Waals surface area contributed by atoms with Gasteiger partial charge in [0.15, 0.2) is 0 Å². The molecule has 6 nitrogen and oxygen atoms in total. The van der Waals surface area contributed by atoms with Gasteiger partial charge in [0.2, 0.25) is 5.91 Å². The average molecular weight is 423 g/mol. The van der Waals surface area contributed by atoms with Crippen LogP contribution in [0.25, 0.3) is 0 Å². The first-order valence-electron chi connectivity index (χ1n) is 10.9. The van der Waals surface area contributed by atoms with Crippen LogP contribution in [0.1, 0.15) is 24.3 Å². The van der Waals surface area contributed by atoms with Crippen LogP contribution in [-0.4, -0.2) is 49.3 Å². The van der Waals surface area contributed by atoms with Crippen LogP contribution in [0.3, 0.4) is 0 Å². The zero-order chi connectivity index (χ0) is 21.5. The number of carbonyl (C=O) groups is 1. The fourth-order valence-corrected chi connectivity index (χ4v) is 5.26. The van der Waals surface area contributed by atoms with E-state index in [1.165, 1.54) is 12.1 Å². The van der Waals surface area contributed by atoms with E-state index in [2.05, 4.69) is 24.1 Å². The number of fused-ring (bicyclic) bond motifs is 3. The number of hydrazone groups is 1. The molecule has 0 aliphatic carbocycles. The molecular weight excluding hydrogens is 395 g/mol. The summed E-state index contributed by atoms with van der Waals surface area (Å²) in [6.07, 6.45) is 1.80. The average Bonchev–Trinajstić information content (AvgIpc) is 3.15. The Kier molecular flexibility index (Phi) is 5.14. The largest absolute Gasteiger partial charge is 0.489 e. The number of amides is 1. The highest BCUT2D eigenvalue weighted by molar-refractivity contribution is 6.09. The summed E-state index contributed by atoms with van der Waals surface area (Å²) in [6.45, 7) is 2.27. The molecule has 0 aromatic heterocycles. The minimum atomic E-state index is -0.457. The van der Waals surface area contributed by atoms with Crippen LogP contribution in [0.15, 0.2) is 53.6 Å². The molecule has 3 aliphatic heterocycles. The van der Waals surface area contributed by atoms with E-state index in [-0.39, 0.29) is 29.6 Å². The minimum Gasteiger partial charge on any atom is -0.489 e. The molecule has 3 unspecified atom stereocenters. The SMILES string of the molecule is CN1CCC(C(C(N)=O)C2=NN3c4cc(F)ccc4OCC3C2c2ccccc2)CC1.